The van der Waals surface area contributed by atoms with Crippen LogP contribution in [-0.2, 0) is 6.42 Å². The molecular weight excluding hydrogens is 707 g/mol. The van der Waals surface area contributed by atoms with E-state index in [2.05, 4.69) is 205 Å². The molecule has 0 amide bonds. The molecule has 3 heteroatoms. The van der Waals surface area contributed by atoms with Crippen LogP contribution in [0, 0.1) is 0 Å². The number of rotatable bonds is 8. The minimum atomic E-state index is 0.830. The summed E-state index contributed by atoms with van der Waals surface area (Å²) in [4.78, 5) is 2.27. The van der Waals surface area contributed by atoms with E-state index in [1.54, 1.807) is 0 Å². The molecule has 0 aliphatic heterocycles. The highest BCUT2D eigenvalue weighted by molar-refractivity contribution is 6.09. The summed E-state index contributed by atoms with van der Waals surface area (Å²) in [6.07, 6.45) is 3.16. The van der Waals surface area contributed by atoms with Gasteiger partial charge in [0, 0.05) is 50.7 Å². The van der Waals surface area contributed by atoms with Crippen LogP contribution in [0.25, 0.3) is 77.4 Å². The third kappa shape index (κ3) is 6.20. The van der Waals surface area contributed by atoms with Crippen LogP contribution in [0.15, 0.2) is 215 Å². The number of hydrogen-bond acceptors (Lipinski definition) is 3. The summed E-state index contributed by atoms with van der Waals surface area (Å²) < 4.78 is 13.1. The van der Waals surface area contributed by atoms with Gasteiger partial charge in [-0.1, -0.05) is 133 Å². The molecule has 2 heterocycles. The van der Waals surface area contributed by atoms with E-state index in [0.29, 0.717) is 0 Å². The average molecular weight is 744 g/mol. The molecule has 0 saturated carbocycles. The summed E-state index contributed by atoms with van der Waals surface area (Å²) in [5, 5.41) is 6.86. The van der Waals surface area contributed by atoms with Crippen molar-refractivity contribution in [2.45, 2.75) is 6.42 Å². The van der Waals surface area contributed by atoms with Gasteiger partial charge in [0.05, 0.1) is 0 Å². The molecule has 58 heavy (non-hydrogen) atoms. The number of hydrogen-bond donors (Lipinski definition) is 0. The van der Waals surface area contributed by atoms with Crippen LogP contribution in [0.1, 0.15) is 16.7 Å². The Bertz CT molecular complexity index is 3300. The third-order valence-corrected chi connectivity index (χ3v) is 11.3. The van der Waals surface area contributed by atoms with E-state index in [-0.39, 0.29) is 0 Å². The molecule has 3 nitrogen and oxygen atoms in total. The topological polar surface area (TPSA) is 29.5 Å². The Labute approximate surface area is 336 Å². The lowest BCUT2D eigenvalue weighted by molar-refractivity contribution is 0.669. The Morgan fingerprint density at radius 3 is 1.71 bits per heavy atom. The zero-order valence-corrected chi connectivity index (χ0v) is 31.7. The number of allylic oxidation sites excluding steroid dienone is 1. The van der Waals surface area contributed by atoms with Crippen molar-refractivity contribution in [3.05, 3.63) is 223 Å². The van der Waals surface area contributed by atoms with Gasteiger partial charge in [-0.2, -0.15) is 0 Å². The van der Waals surface area contributed by atoms with E-state index >= 15 is 0 Å². The van der Waals surface area contributed by atoms with Crippen LogP contribution in [-0.4, -0.2) is 0 Å². The highest BCUT2D eigenvalue weighted by atomic mass is 16.3. The smallest absolute Gasteiger partial charge is 0.137 e. The first-order chi connectivity index (χ1) is 28.7. The molecule has 0 aliphatic rings. The van der Waals surface area contributed by atoms with Crippen molar-refractivity contribution in [2.24, 2.45) is 0 Å². The van der Waals surface area contributed by atoms with E-state index in [1.807, 2.05) is 12.1 Å². The van der Waals surface area contributed by atoms with Gasteiger partial charge in [0.2, 0.25) is 0 Å². The van der Waals surface area contributed by atoms with Gasteiger partial charge >= 0.3 is 0 Å². The number of furan rings is 2. The fourth-order valence-electron chi connectivity index (χ4n) is 8.39. The van der Waals surface area contributed by atoms with Gasteiger partial charge in [0.25, 0.3) is 0 Å². The molecule has 274 valence electrons. The van der Waals surface area contributed by atoms with Crippen molar-refractivity contribution in [1.82, 2.24) is 0 Å². The normalized spacial score (nSPS) is 12.0. The molecule has 0 unspecified atom stereocenters. The summed E-state index contributed by atoms with van der Waals surface area (Å²) in [6, 6.07) is 73.0. The predicted octanol–water partition coefficient (Wildman–Crippen LogP) is 15.6. The SMILES string of the molecule is C(=C(\Cc1ccccc1)c1ccc2ccccc2c1)/c1ccc2oc3cc(N(c4ccccc4)c4ccc5c(c4)oc4ccc(-c6ccccc6)cc45)ccc3c2c1. The molecule has 0 spiro atoms. The van der Waals surface area contributed by atoms with E-state index < -0.39 is 0 Å². The maximum absolute atomic E-state index is 6.60. The Balaban J connectivity index is 0.984. The maximum atomic E-state index is 6.60. The first kappa shape index (κ1) is 33.7. The van der Waals surface area contributed by atoms with Gasteiger partial charge in [0.15, 0.2) is 0 Å². The number of benzene rings is 9. The molecule has 0 aliphatic carbocycles. The van der Waals surface area contributed by atoms with Gasteiger partial charge < -0.3 is 13.7 Å². The number of para-hydroxylation sites is 1. The van der Waals surface area contributed by atoms with Crippen molar-refractivity contribution in [3.63, 3.8) is 0 Å². The summed E-state index contributed by atoms with van der Waals surface area (Å²) in [7, 11) is 0. The molecule has 0 fully saturated rings. The van der Waals surface area contributed by atoms with Crippen molar-refractivity contribution in [2.75, 3.05) is 4.90 Å². The lowest BCUT2D eigenvalue weighted by atomic mass is 9.94. The zero-order valence-electron chi connectivity index (χ0n) is 31.7. The highest BCUT2D eigenvalue weighted by Gasteiger charge is 2.18. The monoisotopic (exact) mass is 743 g/mol. The van der Waals surface area contributed by atoms with E-state index in [4.69, 9.17) is 8.83 Å². The third-order valence-electron chi connectivity index (χ3n) is 11.3. The molecule has 0 atom stereocenters. The van der Waals surface area contributed by atoms with Gasteiger partial charge in [-0.15, -0.1) is 0 Å². The lowest BCUT2D eigenvalue weighted by Gasteiger charge is -2.25. The van der Waals surface area contributed by atoms with Crippen LogP contribution in [0.3, 0.4) is 0 Å². The highest BCUT2D eigenvalue weighted by Crippen LogP contribution is 2.41. The standard InChI is InChI=1S/C55H37NO2/c1-4-12-37(13-5-1)30-44(42-22-21-40-16-10-11-17-41(40)33-42)31-38-20-28-52-50(32-38)48-26-24-46(35-54(48)57-52)56(45-18-8-3-9-19-45)47-25-27-49-51-34-43(39-14-6-2-7-15-39)23-29-53(51)58-55(49)36-47/h1-29,31-36H,30H2/b44-31-. The molecule has 0 bridgehead atoms. The average Bonchev–Trinajstić information content (AvgIpc) is 3.84. The van der Waals surface area contributed by atoms with Crippen molar-refractivity contribution >= 4 is 83.4 Å². The van der Waals surface area contributed by atoms with Crippen LogP contribution in [0.5, 0.6) is 0 Å². The largest absolute Gasteiger partial charge is 0.456 e. The summed E-state index contributed by atoms with van der Waals surface area (Å²) >= 11 is 0. The van der Waals surface area contributed by atoms with Crippen molar-refractivity contribution in [3.8, 4) is 11.1 Å². The van der Waals surface area contributed by atoms with E-state index in [1.165, 1.54) is 38.6 Å². The van der Waals surface area contributed by atoms with E-state index in [9.17, 15) is 0 Å². The molecular formula is C55H37NO2. The predicted molar refractivity (Wildman–Crippen MR) is 243 cm³/mol. The maximum Gasteiger partial charge on any atom is 0.137 e. The Kier molecular flexibility index (Phi) is 8.22. The van der Waals surface area contributed by atoms with Crippen LogP contribution < -0.4 is 4.90 Å². The fraction of sp³-hybridized carbons (Fsp3) is 0.0182. The minimum Gasteiger partial charge on any atom is -0.456 e. The van der Waals surface area contributed by atoms with Crippen molar-refractivity contribution in [1.29, 1.82) is 0 Å². The van der Waals surface area contributed by atoms with Gasteiger partial charge in [-0.05, 0) is 117 Å². The minimum absolute atomic E-state index is 0.830. The number of nitrogens with zero attached hydrogens (tertiary/aromatic N) is 1. The first-order valence-corrected chi connectivity index (χ1v) is 19.8. The van der Waals surface area contributed by atoms with Crippen LogP contribution in [0.2, 0.25) is 0 Å². The second-order valence-electron chi connectivity index (χ2n) is 15.0. The fourth-order valence-corrected chi connectivity index (χ4v) is 8.39. The summed E-state index contributed by atoms with van der Waals surface area (Å²) in [5.74, 6) is 0. The molecule has 2 aromatic heterocycles. The van der Waals surface area contributed by atoms with Crippen LogP contribution >= 0.6 is 0 Å². The number of anilines is 3. The quantitative estimate of drug-likeness (QED) is 0.145. The lowest BCUT2D eigenvalue weighted by Crippen LogP contribution is -2.09. The zero-order chi connectivity index (χ0) is 38.4. The Morgan fingerprint density at radius 2 is 1.00 bits per heavy atom. The van der Waals surface area contributed by atoms with Gasteiger partial charge in [-0.3, -0.25) is 0 Å². The molecule has 9 aromatic carbocycles. The summed E-state index contributed by atoms with van der Waals surface area (Å²) in [6.45, 7) is 0. The van der Waals surface area contributed by atoms with Crippen molar-refractivity contribution < 1.29 is 8.83 Å². The molecule has 0 saturated heterocycles. The van der Waals surface area contributed by atoms with Crippen LogP contribution in [0.4, 0.5) is 17.1 Å². The second-order valence-corrected chi connectivity index (χ2v) is 15.0. The number of fused-ring (bicyclic) bond motifs is 7. The molecule has 11 aromatic rings. The Morgan fingerprint density at radius 1 is 0.397 bits per heavy atom. The summed E-state index contributed by atoms with van der Waals surface area (Å²) in [5.41, 5.74) is 13.8. The Hall–Kier alpha value is -7.62. The van der Waals surface area contributed by atoms with Gasteiger partial charge in [0.1, 0.15) is 22.3 Å². The second kappa shape index (κ2) is 14.1. The van der Waals surface area contributed by atoms with E-state index in [0.717, 1.165) is 72.9 Å². The molecule has 0 N–H and O–H groups in total. The molecule has 11 rings (SSSR count). The van der Waals surface area contributed by atoms with Gasteiger partial charge in [-0.25, -0.2) is 0 Å². The molecule has 0 radical (unpaired) electrons. The first-order valence-electron chi connectivity index (χ1n) is 19.8.